The minimum atomic E-state index is -1.14. The van der Waals surface area contributed by atoms with Gasteiger partial charge in [-0.15, -0.1) is 0 Å². The Morgan fingerprint density at radius 1 is 1.44 bits per heavy atom. The number of ether oxygens (including phenoxy) is 1. The van der Waals surface area contributed by atoms with Gasteiger partial charge in [0.1, 0.15) is 0 Å². The van der Waals surface area contributed by atoms with Crippen LogP contribution in [0, 0.1) is 0 Å². The lowest BCUT2D eigenvalue weighted by molar-refractivity contribution is -0.134. The van der Waals surface area contributed by atoms with Crippen LogP contribution in [0.1, 0.15) is 15.9 Å². The van der Waals surface area contributed by atoms with Crippen LogP contribution in [0.3, 0.4) is 0 Å². The summed E-state index contributed by atoms with van der Waals surface area (Å²) in [5, 5.41) is 9.06. The summed E-state index contributed by atoms with van der Waals surface area (Å²) in [6.07, 6.45) is 2.49. The number of carbonyl (C=O) groups excluding carboxylic acids is 1. The van der Waals surface area contributed by atoms with E-state index in [-0.39, 0.29) is 10.6 Å². The van der Waals surface area contributed by atoms with Gasteiger partial charge in [0.25, 0.3) is 0 Å². The first-order valence-corrected chi connectivity index (χ1v) is 4.72. The predicted molar refractivity (Wildman–Crippen MR) is 59.5 cm³/mol. The summed E-state index contributed by atoms with van der Waals surface area (Å²) in [6, 6.07) is 4.63. The lowest BCUT2D eigenvalue weighted by Crippen LogP contribution is -2.01. The van der Waals surface area contributed by atoms with Gasteiger partial charge in [0.2, 0.25) is 0 Å². The molecule has 0 aliphatic carbocycles. The second-order valence-corrected chi connectivity index (χ2v) is 3.27. The Morgan fingerprint density at radius 3 is 2.69 bits per heavy atom. The average molecular weight is 241 g/mol. The molecule has 0 amide bonds. The molecule has 84 valence electrons. The Labute approximate surface area is 97.1 Å². The van der Waals surface area contributed by atoms with Crippen molar-refractivity contribution >= 4 is 29.6 Å². The molecule has 1 aromatic carbocycles. The van der Waals surface area contributed by atoms with Crippen LogP contribution in [0.2, 0.25) is 5.02 Å². The van der Waals surface area contributed by atoms with Gasteiger partial charge in [0.15, 0.2) is 0 Å². The second kappa shape index (κ2) is 5.32. The largest absolute Gasteiger partial charge is 0.478 e. The highest BCUT2D eigenvalue weighted by molar-refractivity contribution is 6.33. The fourth-order valence-electron chi connectivity index (χ4n) is 1.13. The number of carbonyl (C=O) groups is 2. The molecule has 0 aromatic heterocycles. The number of aromatic carboxylic acids is 1. The third kappa shape index (κ3) is 2.84. The molecule has 0 atom stereocenters. The van der Waals surface area contributed by atoms with E-state index in [0.717, 1.165) is 6.08 Å². The molecular weight excluding hydrogens is 232 g/mol. The van der Waals surface area contributed by atoms with E-state index in [9.17, 15) is 9.59 Å². The normalized spacial score (nSPS) is 10.4. The van der Waals surface area contributed by atoms with Crippen LogP contribution in [0.25, 0.3) is 6.08 Å². The van der Waals surface area contributed by atoms with Gasteiger partial charge in [-0.2, -0.15) is 0 Å². The Morgan fingerprint density at radius 2 is 2.12 bits per heavy atom. The van der Waals surface area contributed by atoms with E-state index < -0.39 is 11.9 Å². The molecule has 0 aliphatic heterocycles. The molecule has 0 saturated heterocycles. The van der Waals surface area contributed by atoms with E-state index in [1.807, 2.05) is 0 Å². The highest BCUT2D eigenvalue weighted by Gasteiger charge is 2.12. The van der Waals surface area contributed by atoms with Crippen molar-refractivity contribution < 1.29 is 19.4 Å². The van der Waals surface area contributed by atoms with Crippen LogP contribution < -0.4 is 0 Å². The Balaban J connectivity index is 3.14. The van der Waals surface area contributed by atoms with Gasteiger partial charge >= 0.3 is 11.9 Å². The molecule has 1 N–H and O–H groups in total. The van der Waals surface area contributed by atoms with Crippen molar-refractivity contribution in [2.75, 3.05) is 7.11 Å². The lowest BCUT2D eigenvalue weighted by atomic mass is 10.1. The molecule has 0 unspecified atom stereocenters. The van der Waals surface area contributed by atoms with Gasteiger partial charge in [-0.25, -0.2) is 9.59 Å². The van der Waals surface area contributed by atoms with Gasteiger partial charge in [-0.1, -0.05) is 23.7 Å². The lowest BCUT2D eigenvalue weighted by Gasteiger charge is -2.02. The van der Waals surface area contributed by atoms with Gasteiger partial charge in [0, 0.05) is 6.08 Å². The van der Waals surface area contributed by atoms with Gasteiger partial charge in [-0.05, 0) is 17.7 Å². The van der Waals surface area contributed by atoms with E-state index in [4.69, 9.17) is 16.7 Å². The van der Waals surface area contributed by atoms with Crippen LogP contribution in [0.15, 0.2) is 24.3 Å². The Kier molecular flexibility index (Phi) is 4.08. The molecule has 0 heterocycles. The summed E-state index contributed by atoms with van der Waals surface area (Å²) in [5.74, 6) is -1.70. The molecule has 0 fully saturated rings. The molecular formula is C11H9ClO4. The van der Waals surface area contributed by atoms with Crippen molar-refractivity contribution in [3.63, 3.8) is 0 Å². The number of hydrogen-bond donors (Lipinski definition) is 1. The number of carboxylic acid groups (broad SMARTS) is 1. The van der Waals surface area contributed by atoms with Gasteiger partial charge in [-0.3, -0.25) is 0 Å². The maximum absolute atomic E-state index is 10.9. The smallest absolute Gasteiger partial charge is 0.337 e. The standard InChI is InChI=1S/C11H9ClO4/c1-16-9(13)6-5-7-3-2-4-8(12)10(7)11(14)15/h2-6H,1H3,(H,14,15). The second-order valence-electron chi connectivity index (χ2n) is 2.87. The Hall–Kier alpha value is -1.81. The molecule has 0 radical (unpaired) electrons. The third-order valence-corrected chi connectivity index (χ3v) is 2.17. The summed E-state index contributed by atoms with van der Waals surface area (Å²) in [6.45, 7) is 0. The van der Waals surface area contributed by atoms with Crippen LogP contribution in [0.5, 0.6) is 0 Å². The molecule has 0 aliphatic rings. The molecule has 4 nitrogen and oxygen atoms in total. The molecule has 0 saturated carbocycles. The van der Waals surface area contributed by atoms with Gasteiger partial charge in [0.05, 0.1) is 17.7 Å². The zero-order valence-electron chi connectivity index (χ0n) is 8.44. The van der Waals surface area contributed by atoms with Crippen molar-refractivity contribution in [3.05, 3.63) is 40.4 Å². The monoisotopic (exact) mass is 240 g/mol. The van der Waals surface area contributed by atoms with Crippen LogP contribution in [-0.4, -0.2) is 24.2 Å². The highest BCUT2D eigenvalue weighted by atomic mass is 35.5. The first-order valence-electron chi connectivity index (χ1n) is 4.34. The van der Waals surface area contributed by atoms with Crippen LogP contribution >= 0.6 is 11.6 Å². The summed E-state index contributed by atoms with van der Waals surface area (Å²) in [7, 11) is 1.24. The maximum atomic E-state index is 10.9. The quantitative estimate of drug-likeness (QED) is 0.650. The third-order valence-electron chi connectivity index (χ3n) is 1.86. The van der Waals surface area contributed by atoms with E-state index >= 15 is 0 Å². The van der Waals surface area contributed by atoms with Crippen molar-refractivity contribution in [3.8, 4) is 0 Å². The predicted octanol–water partition coefficient (Wildman–Crippen LogP) is 2.22. The number of halogens is 1. The number of esters is 1. The van der Waals surface area contributed by atoms with Crippen LogP contribution in [0.4, 0.5) is 0 Å². The molecule has 0 spiro atoms. The molecule has 1 rings (SSSR count). The summed E-state index contributed by atoms with van der Waals surface area (Å²) < 4.78 is 4.40. The van der Waals surface area contributed by atoms with E-state index in [1.165, 1.54) is 19.3 Å². The number of hydrogen-bond acceptors (Lipinski definition) is 3. The first-order chi connectivity index (χ1) is 7.56. The average Bonchev–Trinajstić information content (AvgIpc) is 2.25. The highest BCUT2D eigenvalue weighted by Crippen LogP contribution is 2.21. The molecule has 5 heteroatoms. The summed E-state index contributed by atoms with van der Waals surface area (Å²) in [4.78, 5) is 21.8. The number of benzene rings is 1. The number of methoxy groups -OCH3 is 1. The van der Waals surface area contributed by atoms with Crippen LogP contribution in [-0.2, 0) is 9.53 Å². The zero-order valence-corrected chi connectivity index (χ0v) is 9.19. The zero-order chi connectivity index (χ0) is 12.1. The molecule has 1 aromatic rings. The first kappa shape index (κ1) is 12.3. The van der Waals surface area contributed by atoms with Crippen molar-refractivity contribution in [1.82, 2.24) is 0 Å². The Bertz CT molecular complexity index is 451. The van der Waals surface area contributed by atoms with E-state index in [1.54, 1.807) is 12.1 Å². The van der Waals surface area contributed by atoms with Crippen molar-refractivity contribution in [2.24, 2.45) is 0 Å². The summed E-state index contributed by atoms with van der Waals surface area (Å²) in [5.41, 5.74) is 0.315. The topological polar surface area (TPSA) is 63.6 Å². The number of carboxylic acids is 1. The minimum Gasteiger partial charge on any atom is -0.478 e. The SMILES string of the molecule is COC(=O)C=Cc1cccc(Cl)c1C(=O)O. The van der Waals surface area contributed by atoms with Crippen molar-refractivity contribution in [2.45, 2.75) is 0 Å². The fourth-order valence-corrected chi connectivity index (χ4v) is 1.39. The number of rotatable bonds is 3. The van der Waals surface area contributed by atoms with E-state index in [0.29, 0.717) is 5.56 Å². The molecule has 16 heavy (non-hydrogen) atoms. The maximum Gasteiger partial charge on any atom is 0.337 e. The molecule has 0 bridgehead atoms. The van der Waals surface area contributed by atoms with Crippen molar-refractivity contribution in [1.29, 1.82) is 0 Å². The fraction of sp³-hybridized carbons (Fsp3) is 0.0909. The van der Waals surface area contributed by atoms with Gasteiger partial charge < -0.3 is 9.84 Å². The van der Waals surface area contributed by atoms with E-state index in [2.05, 4.69) is 4.74 Å². The summed E-state index contributed by atoms with van der Waals surface area (Å²) >= 11 is 5.74. The minimum absolute atomic E-state index is 0.0377.